The third kappa shape index (κ3) is 5.11. The van der Waals surface area contributed by atoms with E-state index in [2.05, 4.69) is 15.9 Å². The van der Waals surface area contributed by atoms with Crippen molar-refractivity contribution in [2.45, 2.75) is 38.5 Å². The number of fused-ring (bicyclic) bond motifs is 1. The Morgan fingerprint density at radius 3 is 2.35 bits per heavy atom. The molecule has 0 aromatic heterocycles. The van der Waals surface area contributed by atoms with Gasteiger partial charge in [0.1, 0.15) is 0 Å². The van der Waals surface area contributed by atoms with Crippen molar-refractivity contribution in [2.75, 3.05) is 24.5 Å². The zero-order valence-electron chi connectivity index (χ0n) is 19.7. The fourth-order valence-corrected chi connectivity index (χ4v) is 6.96. The molecule has 3 aromatic carbocycles. The topological polar surface area (TPSA) is 57.7 Å². The maximum Gasteiger partial charge on any atom is 0.244 e. The number of rotatable bonds is 7. The van der Waals surface area contributed by atoms with Gasteiger partial charge in [0.05, 0.1) is 11.4 Å². The van der Waals surface area contributed by atoms with Crippen LogP contribution in [0.15, 0.2) is 70.0 Å². The lowest BCUT2D eigenvalue weighted by Gasteiger charge is -2.26. The van der Waals surface area contributed by atoms with E-state index in [-0.39, 0.29) is 19.0 Å². The zero-order chi connectivity index (χ0) is 24.5. The molecule has 0 saturated heterocycles. The van der Waals surface area contributed by atoms with Crippen molar-refractivity contribution in [1.29, 1.82) is 0 Å². The van der Waals surface area contributed by atoms with Gasteiger partial charge in [-0.15, -0.1) is 0 Å². The van der Waals surface area contributed by atoms with Crippen LogP contribution in [0.25, 0.3) is 0 Å². The molecule has 1 amide bonds. The monoisotopic (exact) mass is 540 g/mol. The fourth-order valence-electron chi connectivity index (χ4n) is 4.75. The number of benzene rings is 3. The Hall–Kier alpha value is -2.48. The molecule has 0 spiro atoms. The van der Waals surface area contributed by atoms with Crippen molar-refractivity contribution in [3.63, 3.8) is 0 Å². The summed E-state index contributed by atoms with van der Waals surface area (Å²) in [4.78, 5) is 15.4. The zero-order valence-corrected chi connectivity index (χ0v) is 22.1. The second-order valence-corrected chi connectivity index (χ2v) is 11.7. The number of sulfonamides is 1. The fraction of sp³-hybridized carbons (Fsp3) is 0.296. The van der Waals surface area contributed by atoms with Crippen molar-refractivity contribution in [3.05, 3.63) is 93.0 Å². The van der Waals surface area contributed by atoms with Crippen LogP contribution in [0.3, 0.4) is 0 Å². The Balaban J connectivity index is 1.65. The number of anilines is 1. The number of carbonyl (C=O) groups is 1. The Bertz CT molecular complexity index is 1300. The highest BCUT2D eigenvalue weighted by Crippen LogP contribution is 2.31. The minimum absolute atomic E-state index is 0.197. The first-order valence-electron chi connectivity index (χ1n) is 11.4. The van der Waals surface area contributed by atoms with Gasteiger partial charge in [-0.25, -0.2) is 8.42 Å². The van der Waals surface area contributed by atoms with Crippen molar-refractivity contribution >= 4 is 37.5 Å². The number of carbonyl (C=O) groups excluding carboxylic acids is 1. The minimum Gasteiger partial charge on any atom is -0.311 e. The van der Waals surface area contributed by atoms with E-state index in [9.17, 15) is 13.2 Å². The molecule has 1 aliphatic rings. The number of hydrogen-bond donors (Lipinski definition) is 0. The molecule has 178 valence electrons. The van der Waals surface area contributed by atoms with E-state index in [1.807, 2.05) is 81.4 Å². The molecule has 7 heteroatoms. The Kier molecular flexibility index (Phi) is 7.26. The highest BCUT2D eigenvalue weighted by atomic mass is 79.9. The number of amides is 1. The molecule has 1 heterocycles. The van der Waals surface area contributed by atoms with Gasteiger partial charge in [0.25, 0.3) is 0 Å². The summed E-state index contributed by atoms with van der Waals surface area (Å²) >= 11 is 3.48. The molecule has 0 atom stereocenters. The Morgan fingerprint density at radius 2 is 1.68 bits per heavy atom. The standard InChI is InChI=1S/C27H29BrN2O3S/c1-19-15-20(2)27(21(3)16-19)34(32,33)29(13-11-22-7-5-4-6-8-22)18-26(31)30-14-12-23-17-24(28)9-10-25(23)30/h4-10,15-17H,11-14,18H2,1-3H3. The first-order valence-corrected chi connectivity index (χ1v) is 13.6. The van der Waals surface area contributed by atoms with Crippen LogP contribution in [0.2, 0.25) is 0 Å². The van der Waals surface area contributed by atoms with Crippen LogP contribution in [0.4, 0.5) is 5.69 Å². The van der Waals surface area contributed by atoms with Gasteiger partial charge in [-0.05, 0) is 74.1 Å². The van der Waals surface area contributed by atoms with Crippen molar-refractivity contribution < 1.29 is 13.2 Å². The maximum atomic E-state index is 13.9. The summed E-state index contributed by atoms with van der Waals surface area (Å²) in [6.07, 6.45) is 1.29. The molecule has 3 aromatic rings. The molecular formula is C27H29BrN2O3S. The summed E-state index contributed by atoms with van der Waals surface area (Å²) in [5.74, 6) is -0.208. The van der Waals surface area contributed by atoms with Gasteiger partial charge in [0, 0.05) is 23.2 Å². The molecule has 1 aliphatic heterocycles. The van der Waals surface area contributed by atoms with Crippen molar-refractivity contribution in [2.24, 2.45) is 0 Å². The number of halogens is 1. The first-order chi connectivity index (χ1) is 16.2. The van der Waals surface area contributed by atoms with E-state index in [0.29, 0.717) is 29.0 Å². The first kappa shape index (κ1) is 24.6. The second-order valence-electron chi connectivity index (χ2n) is 8.87. The van der Waals surface area contributed by atoms with Crippen LogP contribution >= 0.6 is 15.9 Å². The summed E-state index contributed by atoms with van der Waals surface area (Å²) in [5, 5.41) is 0. The average molecular weight is 542 g/mol. The third-order valence-corrected chi connectivity index (χ3v) is 8.89. The van der Waals surface area contributed by atoms with Gasteiger partial charge >= 0.3 is 0 Å². The molecule has 0 aliphatic carbocycles. The molecule has 0 N–H and O–H groups in total. The predicted octanol–water partition coefficient (Wildman–Crippen LogP) is 5.20. The summed E-state index contributed by atoms with van der Waals surface area (Å²) in [7, 11) is -3.88. The van der Waals surface area contributed by atoms with Crippen LogP contribution in [-0.2, 0) is 27.7 Å². The maximum absolute atomic E-state index is 13.9. The van der Waals surface area contributed by atoms with E-state index in [1.54, 1.807) is 4.90 Å². The van der Waals surface area contributed by atoms with Crippen LogP contribution in [0.1, 0.15) is 27.8 Å². The van der Waals surface area contributed by atoms with Crippen molar-refractivity contribution in [1.82, 2.24) is 4.31 Å². The summed E-state index contributed by atoms with van der Waals surface area (Å²) in [5.41, 5.74) is 5.39. The Morgan fingerprint density at radius 1 is 1.00 bits per heavy atom. The number of nitrogens with zero attached hydrogens (tertiary/aromatic N) is 2. The second kappa shape index (κ2) is 10.0. The predicted molar refractivity (Wildman–Crippen MR) is 140 cm³/mol. The highest BCUT2D eigenvalue weighted by Gasteiger charge is 2.33. The van der Waals surface area contributed by atoms with Crippen LogP contribution < -0.4 is 4.90 Å². The molecule has 34 heavy (non-hydrogen) atoms. The van der Waals surface area contributed by atoms with Crippen LogP contribution in [0.5, 0.6) is 0 Å². The van der Waals surface area contributed by atoms with Gasteiger partial charge < -0.3 is 4.90 Å². The molecule has 5 nitrogen and oxygen atoms in total. The number of hydrogen-bond acceptors (Lipinski definition) is 3. The van der Waals surface area contributed by atoms with Crippen molar-refractivity contribution in [3.8, 4) is 0 Å². The molecule has 0 radical (unpaired) electrons. The van der Waals surface area contributed by atoms with Gasteiger partial charge in [0.2, 0.25) is 15.9 Å². The minimum atomic E-state index is -3.88. The van der Waals surface area contributed by atoms with E-state index >= 15 is 0 Å². The lowest BCUT2D eigenvalue weighted by Crippen LogP contribution is -2.43. The quantitative estimate of drug-likeness (QED) is 0.414. The van der Waals surface area contributed by atoms with Gasteiger partial charge in [-0.2, -0.15) is 4.31 Å². The molecule has 0 unspecified atom stereocenters. The summed E-state index contributed by atoms with van der Waals surface area (Å²) < 4.78 is 30.1. The highest BCUT2D eigenvalue weighted by molar-refractivity contribution is 9.10. The van der Waals surface area contributed by atoms with Gasteiger partial charge in [0.15, 0.2) is 0 Å². The lowest BCUT2D eigenvalue weighted by atomic mass is 10.1. The molecule has 0 saturated carbocycles. The van der Waals surface area contributed by atoms with E-state index in [4.69, 9.17) is 0 Å². The Labute approximate surface area is 210 Å². The van der Waals surface area contributed by atoms with Crippen LogP contribution in [-0.4, -0.2) is 38.3 Å². The third-order valence-electron chi connectivity index (χ3n) is 6.24. The largest absolute Gasteiger partial charge is 0.311 e. The lowest BCUT2D eigenvalue weighted by molar-refractivity contribution is -0.118. The SMILES string of the molecule is Cc1cc(C)c(S(=O)(=O)N(CCc2ccccc2)CC(=O)N2CCc3cc(Br)ccc32)c(C)c1. The molecular weight excluding hydrogens is 512 g/mol. The van der Waals surface area contributed by atoms with E-state index in [1.165, 1.54) is 4.31 Å². The molecule has 4 rings (SSSR count). The molecule has 0 fully saturated rings. The normalized spacial score (nSPS) is 13.4. The summed E-state index contributed by atoms with van der Waals surface area (Å²) in [6.45, 7) is 6.18. The average Bonchev–Trinajstić information content (AvgIpc) is 3.19. The summed E-state index contributed by atoms with van der Waals surface area (Å²) in [6, 6.07) is 19.4. The van der Waals surface area contributed by atoms with Gasteiger partial charge in [-0.1, -0.05) is 64.0 Å². The van der Waals surface area contributed by atoms with Gasteiger partial charge in [-0.3, -0.25) is 4.79 Å². The molecule has 0 bridgehead atoms. The smallest absolute Gasteiger partial charge is 0.244 e. The van der Waals surface area contributed by atoms with Crippen LogP contribution in [0, 0.1) is 20.8 Å². The van der Waals surface area contributed by atoms with E-state index in [0.717, 1.165) is 33.3 Å². The van der Waals surface area contributed by atoms with E-state index < -0.39 is 10.0 Å². The number of aryl methyl sites for hydroxylation is 3.